The first-order valence-electron chi connectivity index (χ1n) is 11.0. The third kappa shape index (κ3) is 3.96. The van der Waals surface area contributed by atoms with Gasteiger partial charge in [-0.05, 0) is 65.6 Å². The van der Waals surface area contributed by atoms with Crippen molar-refractivity contribution in [3.05, 3.63) is 76.9 Å². The molecule has 1 aliphatic rings. The maximum absolute atomic E-state index is 14.3. The Morgan fingerprint density at radius 1 is 0.853 bits per heavy atom. The molecule has 1 aromatic heterocycles. The fourth-order valence-electron chi connectivity index (χ4n) is 4.61. The Hall–Kier alpha value is -3.58. The lowest BCUT2D eigenvalue weighted by Crippen LogP contribution is -2.30. The van der Waals surface area contributed by atoms with E-state index >= 15 is 0 Å². The monoisotopic (exact) mass is 465 g/mol. The van der Waals surface area contributed by atoms with Crippen LogP contribution in [0.4, 0.5) is 8.78 Å². The molecule has 0 unspecified atom stereocenters. The number of fused-ring (bicyclic) bond motifs is 2. The fourth-order valence-corrected chi connectivity index (χ4v) is 4.61. The van der Waals surface area contributed by atoms with Crippen LogP contribution in [0, 0.1) is 11.6 Å². The summed E-state index contributed by atoms with van der Waals surface area (Å²) < 4.78 is 50.9. The summed E-state index contributed by atoms with van der Waals surface area (Å²) in [6, 6.07) is 13.4. The lowest BCUT2D eigenvalue weighted by atomic mass is 9.98. The molecule has 0 aliphatic carbocycles. The van der Waals surface area contributed by atoms with Crippen LogP contribution in [0.2, 0.25) is 0 Å². The predicted octanol–water partition coefficient (Wildman–Crippen LogP) is 5.96. The van der Waals surface area contributed by atoms with Crippen LogP contribution in [-0.4, -0.2) is 32.8 Å². The largest absolute Gasteiger partial charge is 0.493 e. The molecule has 7 heteroatoms. The van der Waals surface area contributed by atoms with Gasteiger partial charge in [-0.15, -0.1) is 0 Å². The molecule has 4 aromatic rings. The van der Waals surface area contributed by atoms with E-state index in [4.69, 9.17) is 18.6 Å². The highest BCUT2D eigenvalue weighted by molar-refractivity contribution is 5.88. The topological polar surface area (TPSA) is 44.1 Å². The second-order valence-electron chi connectivity index (χ2n) is 8.36. The van der Waals surface area contributed by atoms with E-state index < -0.39 is 11.6 Å². The first-order chi connectivity index (χ1) is 16.5. The Labute approximate surface area is 196 Å². The lowest BCUT2D eigenvalue weighted by molar-refractivity contribution is 0.244. The Balaban J connectivity index is 1.45. The molecule has 0 saturated carbocycles. The van der Waals surface area contributed by atoms with Gasteiger partial charge in [0.05, 0.1) is 26.9 Å². The fraction of sp³-hybridized carbons (Fsp3) is 0.259. The first-order valence-corrected chi connectivity index (χ1v) is 11.0. The van der Waals surface area contributed by atoms with Crippen molar-refractivity contribution < 1.29 is 27.4 Å². The number of ether oxygens (including phenoxy) is 3. The number of methoxy groups -OCH3 is 3. The van der Waals surface area contributed by atoms with Gasteiger partial charge in [-0.25, -0.2) is 8.78 Å². The van der Waals surface area contributed by atoms with E-state index in [1.54, 1.807) is 27.4 Å². The van der Waals surface area contributed by atoms with Crippen molar-refractivity contribution in [3.8, 4) is 28.6 Å². The lowest BCUT2D eigenvalue weighted by Gasteiger charge is -2.29. The van der Waals surface area contributed by atoms with Gasteiger partial charge in [0.15, 0.2) is 22.8 Å². The zero-order valence-corrected chi connectivity index (χ0v) is 19.3. The second-order valence-corrected chi connectivity index (χ2v) is 8.36. The minimum atomic E-state index is -0.669. The molecule has 5 nitrogen and oxygen atoms in total. The Bertz CT molecular complexity index is 1340. The minimum Gasteiger partial charge on any atom is -0.493 e. The first kappa shape index (κ1) is 22.2. The number of furan rings is 1. The van der Waals surface area contributed by atoms with Crippen molar-refractivity contribution in [3.63, 3.8) is 0 Å². The van der Waals surface area contributed by atoms with Crippen LogP contribution in [-0.2, 0) is 19.5 Å². The molecular weight excluding hydrogens is 440 g/mol. The van der Waals surface area contributed by atoms with Gasteiger partial charge < -0.3 is 18.6 Å². The van der Waals surface area contributed by atoms with Crippen LogP contribution < -0.4 is 14.2 Å². The third-order valence-corrected chi connectivity index (χ3v) is 6.27. The van der Waals surface area contributed by atoms with E-state index in [2.05, 4.69) is 11.0 Å². The molecule has 0 bridgehead atoms. The van der Waals surface area contributed by atoms with E-state index in [1.165, 1.54) is 29.3 Å². The molecule has 3 aromatic carbocycles. The van der Waals surface area contributed by atoms with Gasteiger partial charge in [0.1, 0.15) is 17.4 Å². The maximum Gasteiger partial charge on any atom is 0.176 e. The van der Waals surface area contributed by atoms with Crippen molar-refractivity contribution in [2.24, 2.45) is 0 Å². The smallest absolute Gasteiger partial charge is 0.176 e. The summed E-state index contributed by atoms with van der Waals surface area (Å²) in [7, 11) is 4.84. The highest BCUT2D eigenvalue weighted by Crippen LogP contribution is 2.38. The van der Waals surface area contributed by atoms with Crippen molar-refractivity contribution in [1.29, 1.82) is 0 Å². The number of halogens is 2. The summed E-state index contributed by atoms with van der Waals surface area (Å²) in [6.07, 6.45) is 0.900. The summed E-state index contributed by atoms with van der Waals surface area (Å²) in [5.41, 5.74) is 3.77. The SMILES string of the molecule is COc1cc2c(cc1OC)CN(Cc1cc(OC)c3oc(-c4c(F)cccc4F)cc3c1)CC2. The Morgan fingerprint density at radius 2 is 1.53 bits per heavy atom. The predicted molar refractivity (Wildman–Crippen MR) is 125 cm³/mol. The van der Waals surface area contributed by atoms with E-state index in [-0.39, 0.29) is 11.3 Å². The number of hydrogen-bond acceptors (Lipinski definition) is 5. The summed E-state index contributed by atoms with van der Waals surface area (Å²) in [5.74, 6) is 0.785. The number of benzene rings is 3. The highest BCUT2D eigenvalue weighted by atomic mass is 19.1. The van der Waals surface area contributed by atoms with Gasteiger partial charge in [0, 0.05) is 25.0 Å². The number of hydrogen-bond donors (Lipinski definition) is 0. The van der Waals surface area contributed by atoms with Gasteiger partial charge in [-0.3, -0.25) is 4.90 Å². The molecule has 0 fully saturated rings. The van der Waals surface area contributed by atoms with Gasteiger partial charge in [-0.2, -0.15) is 0 Å². The average molecular weight is 465 g/mol. The van der Waals surface area contributed by atoms with Gasteiger partial charge in [-0.1, -0.05) is 6.07 Å². The number of rotatable bonds is 6. The van der Waals surface area contributed by atoms with Crippen LogP contribution in [0.15, 0.2) is 52.9 Å². The van der Waals surface area contributed by atoms with E-state index in [1.807, 2.05) is 18.2 Å². The third-order valence-electron chi connectivity index (χ3n) is 6.27. The van der Waals surface area contributed by atoms with E-state index in [0.29, 0.717) is 17.9 Å². The molecule has 0 radical (unpaired) electrons. The maximum atomic E-state index is 14.3. The molecule has 176 valence electrons. The molecule has 34 heavy (non-hydrogen) atoms. The van der Waals surface area contributed by atoms with Crippen LogP contribution in [0.5, 0.6) is 17.2 Å². The quantitative estimate of drug-likeness (QED) is 0.351. The zero-order valence-electron chi connectivity index (χ0n) is 19.3. The highest BCUT2D eigenvalue weighted by Gasteiger charge is 2.22. The molecule has 2 heterocycles. The minimum absolute atomic E-state index is 0.133. The van der Waals surface area contributed by atoms with Gasteiger partial charge in [0.2, 0.25) is 0 Å². The average Bonchev–Trinajstić information content (AvgIpc) is 3.26. The molecule has 0 atom stereocenters. The van der Waals surface area contributed by atoms with Crippen LogP contribution in [0.3, 0.4) is 0 Å². The van der Waals surface area contributed by atoms with Crippen molar-refractivity contribution in [1.82, 2.24) is 4.90 Å². The summed E-state index contributed by atoms with van der Waals surface area (Å²) in [5, 5.41) is 0.732. The summed E-state index contributed by atoms with van der Waals surface area (Å²) >= 11 is 0. The van der Waals surface area contributed by atoms with E-state index in [0.717, 1.165) is 42.0 Å². The second kappa shape index (κ2) is 8.99. The van der Waals surface area contributed by atoms with Gasteiger partial charge in [0.25, 0.3) is 0 Å². The normalized spacial score (nSPS) is 13.7. The van der Waals surface area contributed by atoms with Crippen molar-refractivity contribution >= 4 is 11.0 Å². The molecule has 0 amide bonds. The van der Waals surface area contributed by atoms with Crippen molar-refractivity contribution in [2.75, 3.05) is 27.9 Å². The zero-order chi connectivity index (χ0) is 23.8. The summed E-state index contributed by atoms with van der Waals surface area (Å²) in [6.45, 7) is 2.35. The molecule has 5 rings (SSSR count). The van der Waals surface area contributed by atoms with Crippen LogP contribution in [0.1, 0.15) is 16.7 Å². The molecule has 0 spiro atoms. The molecular formula is C27H25F2NO4. The van der Waals surface area contributed by atoms with Crippen molar-refractivity contribution in [2.45, 2.75) is 19.5 Å². The van der Waals surface area contributed by atoms with E-state index in [9.17, 15) is 8.78 Å². The van der Waals surface area contributed by atoms with Gasteiger partial charge >= 0.3 is 0 Å². The molecule has 0 N–H and O–H groups in total. The Morgan fingerprint density at radius 3 is 2.21 bits per heavy atom. The Kier molecular flexibility index (Phi) is 5.87. The molecule has 0 saturated heterocycles. The summed E-state index contributed by atoms with van der Waals surface area (Å²) in [4.78, 5) is 2.34. The molecule has 1 aliphatic heterocycles. The van der Waals surface area contributed by atoms with Crippen LogP contribution in [0.25, 0.3) is 22.3 Å². The number of nitrogens with zero attached hydrogens (tertiary/aromatic N) is 1. The van der Waals surface area contributed by atoms with Crippen LogP contribution >= 0.6 is 0 Å². The standard InChI is InChI=1S/C27H25F2NO4/c1-31-22-11-17-7-8-30(15-19(17)13-23(22)32-2)14-16-9-18-12-24(34-27(18)25(10-16)33-3)26-20(28)5-4-6-21(26)29/h4-6,9-13H,7-8,14-15H2,1-3H3.